The van der Waals surface area contributed by atoms with Crippen molar-refractivity contribution in [1.29, 1.82) is 0 Å². The lowest BCUT2D eigenvalue weighted by Crippen LogP contribution is -2.49. The average molecular weight is 363 g/mol. The van der Waals surface area contributed by atoms with E-state index < -0.39 is 5.63 Å². The van der Waals surface area contributed by atoms with Gasteiger partial charge in [0.2, 0.25) is 0 Å². The third-order valence-corrected chi connectivity index (χ3v) is 6.60. The predicted molar refractivity (Wildman–Crippen MR) is 95.4 cm³/mol. The second kappa shape index (κ2) is 7.55. The van der Waals surface area contributed by atoms with Gasteiger partial charge in [-0.25, -0.2) is 4.79 Å². The highest BCUT2D eigenvalue weighted by atomic mass is 16.5. The number of nitrogens with one attached hydrogen (secondary N) is 1. The van der Waals surface area contributed by atoms with Gasteiger partial charge >= 0.3 is 5.63 Å². The van der Waals surface area contributed by atoms with Crippen molar-refractivity contribution in [3.63, 3.8) is 0 Å². The van der Waals surface area contributed by atoms with Crippen LogP contribution in [0.25, 0.3) is 0 Å². The summed E-state index contributed by atoms with van der Waals surface area (Å²) in [4.78, 5) is 28.3. The van der Waals surface area contributed by atoms with Crippen molar-refractivity contribution in [2.75, 3.05) is 32.7 Å². The summed E-state index contributed by atoms with van der Waals surface area (Å²) < 4.78 is 6.05. The number of hydrogen-bond acceptors (Lipinski definition) is 4. The van der Waals surface area contributed by atoms with Gasteiger partial charge in [-0.2, -0.15) is 0 Å². The molecule has 7 heteroatoms. The van der Waals surface area contributed by atoms with Crippen LogP contribution < -0.4 is 10.3 Å². The average Bonchev–Trinajstić information content (AvgIpc) is 3.22. The molecule has 0 bridgehead atoms. The fourth-order valence-electron chi connectivity index (χ4n) is 5.29. The Labute approximate surface area is 154 Å². The third-order valence-electron chi connectivity index (χ3n) is 6.60. The molecule has 3 heterocycles. The maximum atomic E-state index is 12.6. The summed E-state index contributed by atoms with van der Waals surface area (Å²) in [5.74, 6) is 0.945. The molecule has 0 aromatic carbocycles. The maximum absolute atomic E-state index is 12.6. The van der Waals surface area contributed by atoms with E-state index in [2.05, 4.69) is 14.7 Å². The number of aromatic amines is 1. The van der Waals surface area contributed by atoms with Crippen molar-refractivity contribution >= 4 is 5.91 Å². The van der Waals surface area contributed by atoms with Crippen LogP contribution in [0.1, 0.15) is 51.4 Å². The number of carbonyl (C=O) groups excluding carboxylic acids is 1. The molecule has 1 N–H and O–H groups in total. The van der Waals surface area contributed by atoms with Gasteiger partial charge in [-0.1, -0.05) is 23.9 Å². The van der Waals surface area contributed by atoms with Crippen LogP contribution in [-0.2, 0) is 11.3 Å². The largest absolute Gasteiger partial charge is 0.426 e. The fourth-order valence-corrected chi connectivity index (χ4v) is 5.29. The fraction of sp³-hybridized carbons (Fsp3) is 0.842. The third kappa shape index (κ3) is 4.03. The van der Waals surface area contributed by atoms with Gasteiger partial charge in [-0.05, 0) is 49.8 Å². The minimum atomic E-state index is -0.457. The standard InChI is InChI=1S/C19H30N4O3/c24-17(12-23-13-18(25)26-20-23)22-10-8-19(15-22)7-4-9-21(14-19)11-16-5-2-1-3-6-16/h13,16H,1-12,14-15H2/p+1/t19-/m0/s1. The van der Waals surface area contributed by atoms with Gasteiger partial charge in [-0.15, -0.1) is 0 Å². The van der Waals surface area contributed by atoms with Gasteiger partial charge in [0.1, 0.15) is 0 Å². The first kappa shape index (κ1) is 17.8. The number of carbonyl (C=O) groups is 1. The van der Waals surface area contributed by atoms with Crippen LogP contribution in [0.4, 0.5) is 0 Å². The molecule has 1 aliphatic carbocycles. The zero-order chi connectivity index (χ0) is 18.0. The zero-order valence-electron chi connectivity index (χ0n) is 15.6. The summed E-state index contributed by atoms with van der Waals surface area (Å²) in [5.41, 5.74) is -0.182. The molecular weight excluding hydrogens is 332 g/mol. The highest BCUT2D eigenvalue weighted by molar-refractivity contribution is 5.75. The number of piperidine rings is 1. The number of rotatable bonds is 4. The Hall–Kier alpha value is -1.63. The molecule has 1 atom stereocenters. The lowest BCUT2D eigenvalue weighted by atomic mass is 9.78. The summed E-state index contributed by atoms with van der Waals surface area (Å²) in [6.45, 7) is 5.45. The molecular formula is C19H31N4O3+. The van der Waals surface area contributed by atoms with E-state index in [1.807, 2.05) is 4.90 Å². The van der Waals surface area contributed by atoms with E-state index in [1.54, 1.807) is 0 Å². The molecule has 0 radical (unpaired) electrons. The van der Waals surface area contributed by atoms with E-state index in [0.717, 1.165) is 32.0 Å². The first-order valence-electron chi connectivity index (χ1n) is 10.2. The quantitative estimate of drug-likeness (QED) is 0.815. The highest BCUT2D eigenvalue weighted by Gasteiger charge is 2.43. The molecule has 1 amide bonds. The topological polar surface area (TPSA) is 73.4 Å². The summed E-state index contributed by atoms with van der Waals surface area (Å²) in [6, 6.07) is 0. The Morgan fingerprint density at radius 1 is 1.19 bits per heavy atom. The number of nitrogens with zero attached hydrogens (tertiary/aromatic N) is 3. The molecule has 144 valence electrons. The van der Waals surface area contributed by atoms with E-state index in [0.29, 0.717) is 0 Å². The number of hydrogen-bond donors (Lipinski definition) is 1. The van der Waals surface area contributed by atoms with Crippen LogP contribution >= 0.6 is 0 Å². The predicted octanol–water partition coefficient (Wildman–Crippen LogP) is 1.15. The minimum absolute atomic E-state index is 0.0633. The Morgan fingerprint density at radius 3 is 2.81 bits per heavy atom. The summed E-state index contributed by atoms with van der Waals surface area (Å²) in [7, 11) is 0. The first-order chi connectivity index (χ1) is 12.6. The number of amides is 1. The molecule has 1 spiro atoms. The molecule has 1 aromatic rings. The van der Waals surface area contributed by atoms with Crippen molar-refractivity contribution in [3.8, 4) is 0 Å². The number of likely N-dealkylation sites (tertiary alicyclic amines) is 2. The van der Waals surface area contributed by atoms with Crippen LogP contribution in [0, 0.1) is 11.3 Å². The molecule has 1 saturated carbocycles. The molecule has 0 unspecified atom stereocenters. The lowest BCUT2D eigenvalue weighted by molar-refractivity contribution is -0.751. The van der Waals surface area contributed by atoms with Crippen molar-refractivity contribution in [3.05, 3.63) is 16.6 Å². The van der Waals surface area contributed by atoms with Gasteiger partial charge in [0.25, 0.3) is 18.6 Å². The van der Waals surface area contributed by atoms with Gasteiger partial charge in [-0.3, -0.25) is 9.32 Å². The van der Waals surface area contributed by atoms with E-state index >= 15 is 0 Å². The number of H-pyrrole nitrogens is 1. The molecule has 2 saturated heterocycles. The van der Waals surface area contributed by atoms with Crippen LogP contribution in [0.5, 0.6) is 0 Å². The summed E-state index contributed by atoms with van der Waals surface area (Å²) >= 11 is 0. The van der Waals surface area contributed by atoms with Crippen molar-refractivity contribution in [2.45, 2.75) is 57.9 Å². The normalized spacial score (nSPS) is 28.1. The number of aromatic nitrogens is 2. The van der Waals surface area contributed by atoms with Crippen LogP contribution in [0.3, 0.4) is 0 Å². The van der Waals surface area contributed by atoms with Gasteiger partial charge in [0.15, 0.2) is 0 Å². The SMILES string of the molecule is O=C(C[n+]1cc(=O)o[nH]1)N1CC[C@]2(CCCN(CC3CCCCC3)C2)C1. The molecule has 7 nitrogen and oxygen atoms in total. The smallest absolute Gasteiger partial charge is 0.337 e. The highest BCUT2D eigenvalue weighted by Crippen LogP contribution is 2.39. The molecule has 3 fully saturated rings. The second-order valence-corrected chi connectivity index (χ2v) is 8.68. The second-order valence-electron chi connectivity index (χ2n) is 8.68. The molecule has 2 aliphatic heterocycles. The van der Waals surface area contributed by atoms with Crippen LogP contribution in [0.15, 0.2) is 15.5 Å². The Balaban J connectivity index is 1.32. The van der Waals surface area contributed by atoms with E-state index in [9.17, 15) is 9.59 Å². The van der Waals surface area contributed by atoms with Gasteiger partial charge in [0, 0.05) is 31.6 Å². The van der Waals surface area contributed by atoms with Gasteiger partial charge in [0.05, 0.1) is 0 Å². The monoisotopic (exact) mass is 363 g/mol. The van der Waals surface area contributed by atoms with Crippen LogP contribution in [0.2, 0.25) is 0 Å². The minimum Gasteiger partial charge on any atom is -0.337 e. The van der Waals surface area contributed by atoms with E-state index in [-0.39, 0.29) is 17.9 Å². The van der Waals surface area contributed by atoms with Crippen molar-refractivity contribution in [1.82, 2.24) is 15.1 Å². The molecule has 4 rings (SSSR count). The Morgan fingerprint density at radius 2 is 2.04 bits per heavy atom. The first-order valence-corrected chi connectivity index (χ1v) is 10.2. The molecule has 1 aromatic heterocycles. The molecule has 3 aliphatic rings. The lowest BCUT2D eigenvalue weighted by Gasteiger charge is -2.42. The van der Waals surface area contributed by atoms with Crippen molar-refractivity contribution in [2.24, 2.45) is 11.3 Å². The van der Waals surface area contributed by atoms with Gasteiger partial charge < -0.3 is 9.80 Å². The maximum Gasteiger partial charge on any atom is 0.426 e. The van der Waals surface area contributed by atoms with E-state index in [4.69, 9.17) is 0 Å². The summed E-state index contributed by atoms with van der Waals surface area (Å²) in [5, 5.41) is 2.46. The molecule has 26 heavy (non-hydrogen) atoms. The summed E-state index contributed by atoms with van der Waals surface area (Å²) in [6.07, 6.45) is 11.9. The van der Waals surface area contributed by atoms with Crippen LogP contribution in [-0.4, -0.2) is 53.7 Å². The van der Waals surface area contributed by atoms with Crippen molar-refractivity contribution < 1.29 is 14.0 Å². The Bertz CT molecular complexity index is 678. The zero-order valence-corrected chi connectivity index (χ0v) is 15.6. The van der Waals surface area contributed by atoms with E-state index in [1.165, 1.54) is 68.9 Å². The Kier molecular flexibility index (Phi) is 5.16.